The van der Waals surface area contributed by atoms with E-state index < -0.39 is 34.4 Å². The van der Waals surface area contributed by atoms with Crippen molar-refractivity contribution >= 4 is 22.3 Å². The summed E-state index contributed by atoms with van der Waals surface area (Å²) in [5, 5.41) is 0.597. The van der Waals surface area contributed by atoms with E-state index in [1.165, 1.54) is 4.90 Å². The summed E-state index contributed by atoms with van der Waals surface area (Å²) in [6.45, 7) is 0.140. The van der Waals surface area contributed by atoms with Crippen LogP contribution in [-0.4, -0.2) is 65.6 Å². The molecule has 3 aliphatic rings. The first-order chi connectivity index (χ1) is 11.2. The van der Waals surface area contributed by atoms with Crippen LogP contribution in [0.5, 0.6) is 0 Å². The smallest absolute Gasteiger partial charge is 0.328 e. The summed E-state index contributed by atoms with van der Waals surface area (Å²) >= 11 is 0. The lowest BCUT2D eigenvalue weighted by Gasteiger charge is -2.29. The standard InChI is InChI=1S/C12H20N4O7S/c13-7-1-3-9(5-7)22-14-11(17)10-4-2-8-6-15(10)12(18)16(8)23-24(19,20)21/h7-10H,1-6,13H2,(H,14,17)(H,19,20,21). The second kappa shape index (κ2) is 6.44. The number of carbonyl (C=O) groups is 2. The molecule has 4 unspecified atom stereocenters. The first-order valence-electron chi connectivity index (χ1n) is 7.72. The highest BCUT2D eigenvalue weighted by molar-refractivity contribution is 7.80. The van der Waals surface area contributed by atoms with Crippen LogP contribution in [-0.2, 0) is 24.3 Å². The molecule has 2 aliphatic heterocycles. The van der Waals surface area contributed by atoms with E-state index in [0.29, 0.717) is 24.3 Å². The molecule has 3 rings (SSSR count). The van der Waals surface area contributed by atoms with Gasteiger partial charge in [0.15, 0.2) is 0 Å². The van der Waals surface area contributed by atoms with E-state index in [-0.39, 0.29) is 18.7 Å². The number of hydrogen-bond donors (Lipinski definition) is 3. The zero-order chi connectivity index (χ0) is 17.5. The molecule has 12 heteroatoms. The summed E-state index contributed by atoms with van der Waals surface area (Å²) in [6, 6.07) is -2.03. The predicted molar refractivity (Wildman–Crippen MR) is 78.2 cm³/mol. The van der Waals surface area contributed by atoms with Crippen LogP contribution in [0.4, 0.5) is 4.79 Å². The predicted octanol–water partition coefficient (Wildman–Crippen LogP) is -1.08. The van der Waals surface area contributed by atoms with Crippen LogP contribution >= 0.6 is 0 Å². The van der Waals surface area contributed by atoms with Gasteiger partial charge in [-0.15, -0.1) is 4.28 Å². The molecule has 3 fully saturated rings. The number of amides is 3. The van der Waals surface area contributed by atoms with E-state index in [2.05, 4.69) is 9.76 Å². The Kier molecular flexibility index (Phi) is 4.66. The SMILES string of the molecule is NC1CCC(ONC(=O)C2CCC3CN2C(=O)N3OS(=O)(=O)O)C1. The number of rotatable bonds is 5. The first kappa shape index (κ1) is 17.4. The Morgan fingerprint density at radius 1 is 1.29 bits per heavy atom. The Balaban J connectivity index is 1.58. The zero-order valence-corrected chi connectivity index (χ0v) is 13.6. The maximum Gasteiger partial charge on any atom is 0.418 e. The number of carbonyl (C=O) groups excluding carboxylic acids is 2. The van der Waals surface area contributed by atoms with Gasteiger partial charge in [-0.1, -0.05) is 0 Å². The molecule has 0 aromatic heterocycles. The van der Waals surface area contributed by atoms with E-state index in [0.717, 1.165) is 12.8 Å². The minimum atomic E-state index is -4.80. The molecule has 11 nitrogen and oxygen atoms in total. The molecule has 1 aliphatic carbocycles. The molecule has 2 heterocycles. The average molecular weight is 364 g/mol. The normalized spacial score (nSPS) is 33.2. The lowest BCUT2D eigenvalue weighted by Crippen LogP contribution is -2.50. The molecular formula is C12H20N4O7S. The van der Waals surface area contributed by atoms with Crippen LogP contribution in [0.1, 0.15) is 32.1 Å². The van der Waals surface area contributed by atoms with Gasteiger partial charge in [-0.3, -0.25) is 14.2 Å². The first-order valence-corrected chi connectivity index (χ1v) is 9.09. The highest BCUT2D eigenvalue weighted by Crippen LogP contribution is 2.30. The number of nitrogens with one attached hydrogen (secondary N) is 1. The van der Waals surface area contributed by atoms with Crippen molar-refractivity contribution in [3.8, 4) is 0 Å². The van der Waals surface area contributed by atoms with Crippen LogP contribution < -0.4 is 11.2 Å². The van der Waals surface area contributed by atoms with Crippen molar-refractivity contribution in [1.82, 2.24) is 15.4 Å². The quantitative estimate of drug-likeness (QED) is 0.411. The Morgan fingerprint density at radius 2 is 2.04 bits per heavy atom. The van der Waals surface area contributed by atoms with Crippen LogP contribution in [0.15, 0.2) is 0 Å². The third-order valence-corrected chi connectivity index (χ3v) is 4.90. The molecule has 136 valence electrons. The minimum Gasteiger partial charge on any atom is -0.328 e. The largest absolute Gasteiger partial charge is 0.418 e. The number of urea groups is 1. The molecule has 4 N–H and O–H groups in total. The maximum absolute atomic E-state index is 12.3. The topological polar surface area (TPSA) is 151 Å². The van der Waals surface area contributed by atoms with Crippen molar-refractivity contribution in [3.63, 3.8) is 0 Å². The highest BCUT2D eigenvalue weighted by Gasteiger charge is 2.49. The molecular weight excluding hydrogens is 344 g/mol. The number of hydroxylamine groups is 3. The summed E-state index contributed by atoms with van der Waals surface area (Å²) in [4.78, 5) is 31.0. The van der Waals surface area contributed by atoms with E-state index >= 15 is 0 Å². The van der Waals surface area contributed by atoms with Crippen molar-refractivity contribution in [2.45, 2.75) is 56.3 Å². The summed E-state index contributed by atoms with van der Waals surface area (Å²) in [5.74, 6) is -0.476. The second-order valence-corrected chi connectivity index (χ2v) is 7.29. The number of piperidine rings is 1. The van der Waals surface area contributed by atoms with Crippen molar-refractivity contribution in [2.24, 2.45) is 5.73 Å². The lowest BCUT2D eigenvalue weighted by molar-refractivity contribution is -0.143. The van der Waals surface area contributed by atoms with Gasteiger partial charge in [0.05, 0.1) is 12.1 Å². The molecule has 0 spiro atoms. The van der Waals surface area contributed by atoms with E-state index in [1.54, 1.807) is 0 Å². The molecule has 1 saturated carbocycles. The monoisotopic (exact) mass is 364 g/mol. The Labute approximate surface area is 138 Å². The maximum atomic E-state index is 12.3. The van der Waals surface area contributed by atoms with Crippen LogP contribution in [0.2, 0.25) is 0 Å². The molecule has 0 aromatic carbocycles. The number of nitrogens with two attached hydrogens (primary N) is 1. The summed E-state index contributed by atoms with van der Waals surface area (Å²) in [6.07, 6.45) is 2.80. The van der Waals surface area contributed by atoms with Gasteiger partial charge < -0.3 is 10.6 Å². The Bertz CT molecular complexity index is 627. The van der Waals surface area contributed by atoms with Gasteiger partial charge in [-0.05, 0) is 32.1 Å². The van der Waals surface area contributed by atoms with Crippen LogP contribution in [0.25, 0.3) is 0 Å². The number of fused-ring (bicyclic) bond motifs is 2. The van der Waals surface area contributed by atoms with Crippen molar-refractivity contribution < 1.29 is 31.7 Å². The van der Waals surface area contributed by atoms with Crippen molar-refractivity contribution in [3.05, 3.63) is 0 Å². The van der Waals surface area contributed by atoms with Crippen LogP contribution in [0.3, 0.4) is 0 Å². The summed E-state index contributed by atoms with van der Waals surface area (Å²) in [5.41, 5.74) is 8.14. The van der Waals surface area contributed by atoms with Crippen molar-refractivity contribution in [2.75, 3.05) is 6.54 Å². The molecule has 0 aromatic rings. The number of hydrogen-bond acceptors (Lipinski definition) is 7. The van der Waals surface area contributed by atoms with E-state index in [4.69, 9.17) is 15.1 Å². The molecule has 3 amide bonds. The molecule has 24 heavy (non-hydrogen) atoms. The van der Waals surface area contributed by atoms with Gasteiger partial charge in [0, 0.05) is 12.6 Å². The fourth-order valence-corrected chi connectivity index (χ4v) is 3.78. The number of nitrogens with zero attached hydrogens (tertiary/aromatic N) is 2. The molecule has 2 bridgehead atoms. The lowest BCUT2D eigenvalue weighted by atomic mass is 10.0. The minimum absolute atomic E-state index is 0.0636. The highest BCUT2D eigenvalue weighted by atomic mass is 32.3. The summed E-state index contributed by atoms with van der Waals surface area (Å²) in [7, 11) is -4.80. The fourth-order valence-electron chi connectivity index (χ4n) is 3.39. The molecule has 2 saturated heterocycles. The third kappa shape index (κ3) is 3.62. The fraction of sp³-hybridized carbons (Fsp3) is 0.833. The van der Waals surface area contributed by atoms with Gasteiger partial charge in [-0.25, -0.2) is 10.3 Å². The average Bonchev–Trinajstić information content (AvgIpc) is 3.02. The van der Waals surface area contributed by atoms with Gasteiger partial charge in [0.25, 0.3) is 5.91 Å². The Hall–Kier alpha value is -1.47. The third-order valence-electron chi connectivity index (χ3n) is 4.55. The van der Waals surface area contributed by atoms with Crippen molar-refractivity contribution in [1.29, 1.82) is 0 Å². The summed E-state index contributed by atoms with van der Waals surface area (Å²) < 4.78 is 34.7. The molecule has 4 atom stereocenters. The molecule has 0 radical (unpaired) electrons. The second-order valence-electron chi connectivity index (χ2n) is 6.29. The van der Waals surface area contributed by atoms with Crippen LogP contribution in [0, 0.1) is 0 Å². The zero-order valence-electron chi connectivity index (χ0n) is 12.8. The Morgan fingerprint density at radius 3 is 2.67 bits per heavy atom. The van der Waals surface area contributed by atoms with Gasteiger partial charge in [0.1, 0.15) is 6.04 Å². The van der Waals surface area contributed by atoms with Gasteiger partial charge >= 0.3 is 16.4 Å². The van der Waals surface area contributed by atoms with E-state index in [1.807, 2.05) is 0 Å². The van der Waals surface area contributed by atoms with E-state index in [9.17, 15) is 18.0 Å². The van der Waals surface area contributed by atoms with Gasteiger partial charge in [0.2, 0.25) is 0 Å². The van der Waals surface area contributed by atoms with Gasteiger partial charge in [-0.2, -0.15) is 13.5 Å².